The Labute approximate surface area is 168 Å². The van der Waals surface area contributed by atoms with E-state index in [0.717, 1.165) is 11.8 Å². The van der Waals surface area contributed by atoms with Crippen LogP contribution in [0.3, 0.4) is 0 Å². The average Bonchev–Trinajstić information content (AvgIpc) is 2.58. The maximum Gasteiger partial charge on any atom is -0.00129 e. The molecule has 2 aliphatic rings. The van der Waals surface area contributed by atoms with Gasteiger partial charge in [0, 0.05) is 0 Å². The van der Waals surface area contributed by atoms with Gasteiger partial charge in [0.05, 0.1) is 0 Å². The first kappa shape index (κ1) is 20.9. The van der Waals surface area contributed by atoms with Crippen LogP contribution in [0.25, 0.3) is 0 Å². The summed E-state index contributed by atoms with van der Waals surface area (Å²) in [7, 11) is 0. The van der Waals surface area contributed by atoms with Gasteiger partial charge in [-0.3, -0.25) is 0 Å². The van der Waals surface area contributed by atoms with E-state index in [9.17, 15) is 0 Å². The highest BCUT2D eigenvalue weighted by Crippen LogP contribution is 2.53. The van der Waals surface area contributed by atoms with E-state index in [1.165, 1.54) is 70.1 Å². The monoisotopic (exact) mass is 369 g/mol. The highest BCUT2D eigenvalue weighted by molar-refractivity contribution is 5.38. The van der Waals surface area contributed by atoms with Gasteiger partial charge in [-0.1, -0.05) is 64.8 Å². The van der Waals surface area contributed by atoms with Crippen molar-refractivity contribution in [3.8, 4) is 0 Å². The largest absolute Gasteiger partial charge is 0.303 e. The Hall–Kier alpha value is -0.820. The summed E-state index contributed by atoms with van der Waals surface area (Å²) >= 11 is 0. The van der Waals surface area contributed by atoms with Crippen LogP contribution in [0.15, 0.2) is 18.2 Å². The smallest absolute Gasteiger partial charge is 0.00129 e. The highest BCUT2D eigenvalue weighted by Gasteiger charge is 2.40. The zero-order chi connectivity index (χ0) is 19.7. The van der Waals surface area contributed by atoms with Crippen molar-refractivity contribution >= 4 is 0 Å². The van der Waals surface area contributed by atoms with E-state index in [0.29, 0.717) is 10.8 Å². The summed E-state index contributed by atoms with van der Waals surface area (Å²) in [6, 6.07) is 7.40. The van der Waals surface area contributed by atoms with E-state index in [4.69, 9.17) is 0 Å². The molecule has 27 heavy (non-hydrogen) atoms. The van der Waals surface area contributed by atoms with E-state index >= 15 is 0 Å². The Kier molecular flexibility index (Phi) is 6.41. The minimum absolute atomic E-state index is 0.455. The number of nitrogens with zero attached hydrogens (tertiary/aromatic N) is 1. The quantitative estimate of drug-likeness (QED) is 0.526. The molecule has 0 amide bonds. The van der Waals surface area contributed by atoms with Crippen molar-refractivity contribution in [1.82, 2.24) is 4.90 Å². The predicted molar refractivity (Wildman–Crippen MR) is 119 cm³/mol. The molecule has 0 atom stereocenters. The number of aryl methyl sites for hydroxylation is 1. The lowest BCUT2D eigenvalue weighted by Gasteiger charge is -2.46. The number of likely N-dealkylation sites (tertiary alicyclic amines) is 1. The molecule has 1 nitrogen and oxygen atoms in total. The number of hydrogen-bond donors (Lipinski definition) is 0. The van der Waals surface area contributed by atoms with Crippen molar-refractivity contribution in [2.75, 3.05) is 19.6 Å². The Morgan fingerprint density at radius 3 is 2.15 bits per heavy atom. The molecule has 1 aromatic carbocycles. The van der Waals surface area contributed by atoms with Gasteiger partial charge in [0.25, 0.3) is 0 Å². The summed E-state index contributed by atoms with van der Waals surface area (Å²) in [4.78, 5) is 2.70. The number of benzene rings is 1. The lowest BCUT2D eigenvalue weighted by molar-refractivity contribution is 0.0962. The number of unbranched alkanes of at least 4 members (excludes halogenated alkanes) is 1. The van der Waals surface area contributed by atoms with Gasteiger partial charge in [0.15, 0.2) is 0 Å². The minimum Gasteiger partial charge on any atom is -0.303 e. The molecule has 1 aromatic rings. The SMILES string of the molecule is CCCCN1CCC(c2ccc(C)cc2C2CC(C)(C)CC(C)(C)C2)CC1. The van der Waals surface area contributed by atoms with Crippen LogP contribution in [-0.4, -0.2) is 24.5 Å². The van der Waals surface area contributed by atoms with E-state index in [2.05, 4.69) is 64.6 Å². The van der Waals surface area contributed by atoms with Gasteiger partial charge in [-0.15, -0.1) is 0 Å². The third-order valence-electron chi connectivity index (χ3n) is 7.09. The van der Waals surface area contributed by atoms with Crippen molar-refractivity contribution in [1.29, 1.82) is 0 Å². The maximum atomic E-state index is 2.70. The van der Waals surface area contributed by atoms with Gasteiger partial charge in [0.2, 0.25) is 0 Å². The van der Waals surface area contributed by atoms with Crippen LogP contribution in [-0.2, 0) is 0 Å². The van der Waals surface area contributed by atoms with Crippen LogP contribution in [0.1, 0.15) is 108 Å². The van der Waals surface area contributed by atoms with Crippen LogP contribution < -0.4 is 0 Å². The topological polar surface area (TPSA) is 3.24 Å². The molecule has 0 radical (unpaired) electrons. The molecule has 0 N–H and O–H groups in total. The fourth-order valence-electron chi connectivity index (χ4n) is 6.33. The second kappa shape index (κ2) is 8.27. The molecule has 1 saturated heterocycles. The molecule has 1 saturated carbocycles. The second-order valence-electron chi connectivity index (χ2n) is 11.2. The third kappa shape index (κ3) is 5.37. The van der Waals surface area contributed by atoms with Crippen LogP contribution in [0.5, 0.6) is 0 Å². The van der Waals surface area contributed by atoms with Crippen molar-refractivity contribution in [3.05, 3.63) is 34.9 Å². The Bertz CT molecular complexity index is 603. The zero-order valence-corrected chi connectivity index (χ0v) is 18.9. The Morgan fingerprint density at radius 1 is 0.926 bits per heavy atom. The van der Waals surface area contributed by atoms with Gasteiger partial charge in [0.1, 0.15) is 0 Å². The van der Waals surface area contributed by atoms with E-state index in [-0.39, 0.29) is 0 Å². The second-order valence-corrected chi connectivity index (χ2v) is 11.2. The molecule has 1 aliphatic carbocycles. The van der Waals surface area contributed by atoms with E-state index < -0.39 is 0 Å². The van der Waals surface area contributed by atoms with Crippen LogP contribution >= 0.6 is 0 Å². The Balaban J connectivity index is 1.80. The number of rotatable bonds is 5. The first-order valence-corrected chi connectivity index (χ1v) is 11.5. The zero-order valence-electron chi connectivity index (χ0n) is 18.9. The van der Waals surface area contributed by atoms with Gasteiger partial charge >= 0.3 is 0 Å². The molecule has 1 heterocycles. The first-order chi connectivity index (χ1) is 12.7. The van der Waals surface area contributed by atoms with Crippen LogP contribution in [0.2, 0.25) is 0 Å². The lowest BCUT2D eigenvalue weighted by atomic mass is 9.59. The summed E-state index contributed by atoms with van der Waals surface area (Å²) < 4.78 is 0. The number of piperidine rings is 1. The van der Waals surface area contributed by atoms with Crippen molar-refractivity contribution in [2.24, 2.45) is 10.8 Å². The molecule has 152 valence electrons. The number of hydrogen-bond acceptors (Lipinski definition) is 1. The predicted octanol–water partition coefficient (Wildman–Crippen LogP) is 7.29. The van der Waals surface area contributed by atoms with Crippen molar-refractivity contribution < 1.29 is 0 Å². The first-order valence-electron chi connectivity index (χ1n) is 11.5. The molecule has 3 rings (SSSR count). The maximum absolute atomic E-state index is 2.70. The average molecular weight is 370 g/mol. The lowest BCUT2D eigenvalue weighted by Crippen LogP contribution is -2.35. The standard InChI is InChI=1S/C26H43N/c1-7-8-13-27-14-11-21(12-15-27)23-10-9-20(2)16-24(23)22-17-25(3,4)19-26(5,6)18-22/h9-10,16,21-22H,7-8,11-15,17-19H2,1-6H3. The molecule has 1 heteroatoms. The summed E-state index contributed by atoms with van der Waals surface area (Å²) in [6.07, 6.45) is 9.42. The molecular weight excluding hydrogens is 326 g/mol. The van der Waals surface area contributed by atoms with Gasteiger partial charge < -0.3 is 4.90 Å². The van der Waals surface area contributed by atoms with E-state index in [1.807, 2.05) is 0 Å². The third-order valence-corrected chi connectivity index (χ3v) is 7.09. The highest BCUT2D eigenvalue weighted by atomic mass is 15.1. The molecule has 0 bridgehead atoms. The Morgan fingerprint density at radius 2 is 1.56 bits per heavy atom. The summed E-state index contributed by atoms with van der Waals surface area (Å²) in [5.41, 5.74) is 5.74. The fraction of sp³-hybridized carbons (Fsp3) is 0.769. The van der Waals surface area contributed by atoms with Crippen LogP contribution in [0.4, 0.5) is 0 Å². The molecule has 0 aromatic heterocycles. The van der Waals surface area contributed by atoms with Gasteiger partial charge in [-0.2, -0.15) is 0 Å². The van der Waals surface area contributed by atoms with E-state index in [1.54, 1.807) is 11.1 Å². The fourth-order valence-corrected chi connectivity index (χ4v) is 6.33. The summed E-state index contributed by atoms with van der Waals surface area (Å²) in [5, 5.41) is 0. The summed E-state index contributed by atoms with van der Waals surface area (Å²) in [6.45, 7) is 18.4. The minimum atomic E-state index is 0.455. The van der Waals surface area contributed by atoms with Crippen molar-refractivity contribution in [2.45, 2.75) is 98.3 Å². The molecule has 2 fully saturated rings. The van der Waals surface area contributed by atoms with Crippen molar-refractivity contribution in [3.63, 3.8) is 0 Å². The molecule has 1 aliphatic heterocycles. The summed E-state index contributed by atoms with van der Waals surface area (Å²) in [5.74, 6) is 1.50. The van der Waals surface area contributed by atoms with Gasteiger partial charge in [-0.05, 0) is 98.9 Å². The molecule has 0 unspecified atom stereocenters. The molecule has 0 spiro atoms. The van der Waals surface area contributed by atoms with Gasteiger partial charge in [-0.25, -0.2) is 0 Å². The molecular formula is C26H43N. The van der Waals surface area contributed by atoms with Crippen LogP contribution in [0, 0.1) is 17.8 Å². The normalized spacial score (nSPS) is 24.2.